The summed E-state index contributed by atoms with van der Waals surface area (Å²) < 4.78 is 5.38. The number of carbonyl (C=O) groups is 1. The van der Waals surface area contributed by atoms with Crippen LogP contribution in [0.3, 0.4) is 0 Å². The number of carbonyl (C=O) groups excluding carboxylic acids is 1. The van der Waals surface area contributed by atoms with Gasteiger partial charge in [0.15, 0.2) is 0 Å². The predicted molar refractivity (Wildman–Crippen MR) is 56.2 cm³/mol. The van der Waals surface area contributed by atoms with E-state index in [4.69, 9.17) is 4.74 Å². The van der Waals surface area contributed by atoms with Crippen LogP contribution < -0.4 is 5.32 Å². The van der Waals surface area contributed by atoms with E-state index in [1.54, 1.807) is 7.05 Å². The Balaban J connectivity index is 2.49. The van der Waals surface area contributed by atoms with E-state index < -0.39 is 0 Å². The van der Waals surface area contributed by atoms with E-state index in [1.807, 2.05) is 13.8 Å². The molecule has 0 radical (unpaired) electrons. The molecule has 0 spiro atoms. The number of nitrogens with one attached hydrogen (secondary N) is 1. The van der Waals surface area contributed by atoms with Gasteiger partial charge in [-0.3, -0.25) is 0 Å². The Hall–Kier alpha value is -0.730. The molecule has 0 atom stereocenters. The maximum atomic E-state index is 11.1. The van der Waals surface area contributed by atoms with Gasteiger partial charge < -0.3 is 10.1 Å². The van der Waals surface area contributed by atoms with Gasteiger partial charge in [0.1, 0.15) is 5.60 Å². The number of alkyl carbamates (subject to hydrolysis) is 1. The van der Waals surface area contributed by atoms with Gasteiger partial charge in [-0.25, -0.2) is 4.79 Å². The fourth-order valence-corrected chi connectivity index (χ4v) is 2.17. The number of amides is 1. The molecule has 0 bridgehead atoms. The van der Waals surface area contributed by atoms with Crippen LogP contribution in [-0.2, 0) is 4.74 Å². The second-order valence-corrected chi connectivity index (χ2v) is 4.58. The summed E-state index contributed by atoms with van der Waals surface area (Å²) in [5.41, 5.74) is -0.319. The van der Waals surface area contributed by atoms with Gasteiger partial charge in [0, 0.05) is 7.05 Å². The third-order valence-electron chi connectivity index (χ3n) is 3.15. The van der Waals surface area contributed by atoms with Crippen LogP contribution in [0.15, 0.2) is 0 Å². The molecule has 0 heterocycles. The number of hydrogen-bond acceptors (Lipinski definition) is 2. The van der Waals surface area contributed by atoms with Crippen molar-refractivity contribution in [3.05, 3.63) is 0 Å². The highest BCUT2D eigenvalue weighted by Gasteiger charge is 2.33. The highest BCUT2D eigenvalue weighted by molar-refractivity contribution is 5.67. The van der Waals surface area contributed by atoms with Crippen LogP contribution in [0.4, 0.5) is 4.79 Å². The van der Waals surface area contributed by atoms with E-state index in [0.717, 1.165) is 0 Å². The van der Waals surface area contributed by atoms with Gasteiger partial charge in [0.25, 0.3) is 0 Å². The molecule has 1 aliphatic carbocycles. The van der Waals surface area contributed by atoms with Crippen molar-refractivity contribution in [3.63, 3.8) is 0 Å². The quantitative estimate of drug-likeness (QED) is 0.742. The lowest BCUT2D eigenvalue weighted by molar-refractivity contribution is -0.0176. The smallest absolute Gasteiger partial charge is 0.407 e. The molecule has 1 rings (SSSR count). The summed E-state index contributed by atoms with van der Waals surface area (Å²) in [6, 6.07) is 0. The highest BCUT2D eigenvalue weighted by atomic mass is 16.6. The molecule has 14 heavy (non-hydrogen) atoms. The molecule has 0 saturated heterocycles. The van der Waals surface area contributed by atoms with Crippen LogP contribution in [0.5, 0.6) is 0 Å². The minimum Gasteiger partial charge on any atom is -0.443 e. The third kappa shape index (κ3) is 2.89. The predicted octanol–water partition coefficient (Wildman–Crippen LogP) is 2.70. The number of rotatable bonds is 2. The van der Waals surface area contributed by atoms with Gasteiger partial charge >= 0.3 is 6.09 Å². The topological polar surface area (TPSA) is 38.3 Å². The molecule has 0 aromatic heterocycles. The lowest BCUT2D eigenvalue weighted by atomic mass is 9.79. The third-order valence-corrected chi connectivity index (χ3v) is 3.15. The SMILES string of the molecule is CNC(=O)OC(C)(C)C1CCCCC1. The van der Waals surface area contributed by atoms with Gasteiger partial charge in [0.2, 0.25) is 0 Å². The summed E-state index contributed by atoms with van der Waals surface area (Å²) in [6.45, 7) is 4.02. The number of ether oxygens (including phenoxy) is 1. The molecule has 1 aliphatic rings. The van der Waals surface area contributed by atoms with Crippen molar-refractivity contribution >= 4 is 6.09 Å². The number of hydrogen-bond donors (Lipinski definition) is 1. The van der Waals surface area contributed by atoms with Crippen molar-refractivity contribution in [2.24, 2.45) is 5.92 Å². The molecular weight excluding hydrogens is 178 g/mol. The second kappa shape index (κ2) is 4.67. The van der Waals surface area contributed by atoms with E-state index in [1.165, 1.54) is 32.1 Å². The first kappa shape index (κ1) is 11.3. The zero-order valence-electron chi connectivity index (χ0n) is 9.43. The van der Waals surface area contributed by atoms with Gasteiger partial charge in [-0.2, -0.15) is 0 Å². The molecule has 0 unspecified atom stereocenters. The largest absolute Gasteiger partial charge is 0.443 e. The Labute approximate surface area is 86.2 Å². The van der Waals surface area contributed by atoms with E-state index in [2.05, 4.69) is 5.32 Å². The van der Waals surface area contributed by atoms with Crippen LogP contribution in [0.1, 0.15) is 46.0 Å². The second-order valence-electron chi connectivity index (χ2n) is 4.58. The average molecular weight is 199 g/mol. The van der Waals surface area contributed by atoms with Gasteiger partial charge in [0.05, 0.1) is 0 Å². The van der Waals surface area contributed by atoms with Crippen molar-refractivity contribution in [2.75, 3.05) is 7.05 Å². The van der Waals surface area contributed by atoms with E-state index in [-0.39, 0.29) is 11.7 Å². The Bertz CT molecular complexity index is 195. The Kier molecular flexibility index (Phi) is 3.78. The normalized spacial score (nSPS) is 19.1. The Morgan fingerprint density at radius 1 is 1.29 bits per heavy atom. The highest BCUT2D eigenvalue weighted by Crippen LogP contribution is 2.34. The standard InChI is InChI=1S/C11H21NO2/c1-11(2,14-10(13)12-3)9-7-5-4-6-8-9/h9H,4-8H2,1-3H3,(H,12,13). The van der Waals surface area contributed by atoms with E-state index in [9.17, 15) is 4.79 Å². The van der Waals surface area contributed by atoms with Crippen LogP contribution in [0, 0.1) is 5.92 Å². The fraction of sp³-hybridized carbons (Fsp3) is 0.909. The lowest BCUT2D eigenvalue weighted by Gasteiger charge is -2.36. The summed E-state index contributed by atoms with van der Waals surface area (Å²) in [7, 11) is 1.60. The zero-order chi connectivity index (χ0) is 10.6. The summed E-state index contributed by atoms with van der Waals surface area (Å²) in [5, 5.41) is 2.50. The van der Waals surface area contributed by atoms with Crippen LogP contribution in [-0.4, -0.2) is 18.7 Å². The van der Waals surface area contributed by atoms with Crippen molar-refractivity contribution < 1.29 is 9.53 Å². The summed E-state index contributed by atoms with van der Waals surface area (Å²) in [4.78, 5) is 11.1. The van der Waals surface area contributed by atoms with E-state index in [0.29, 0.717) is 5.92 Å². The van der Waals surface area contributed by atoms with Crippen LogP contribution in [0.25, 0.3) is 0 Å². The molecule has 1 fully saturated rings. The fourth-order valence-electron chi connectivity index (χ4n) is 2.17. The summed E-state index contributed by atoms with van der Waals surface area (Å²) in [5.74, 6) is 0.522. The Morgan fingerprint density at radius 2 is 1.86 bits per heavy atom. The summed E-state index contributed by atoms with van der Waals surface area (Å²) in [6.07, 6.45) is 5.91. The Morgan fingerprint density at radius 3 is 2.36 bits per heavy atom. The first-order valence-electron chi connectivity index (χ1n) is 5.47. The van der Waals surface area contributed by atoms with Gasteiger partial charge in [-0.1, -0.05) is 19.3 Å². The maximum Gasteiger partial charge on any atom is 0.407 e. The molecule has 1 N–H and O–H groups in total. The molecule has 1 amide bonds. The monoisotopic (exact) mass is 199 g/mol. The molecular formula is C11H21NO2. The zero-order valence-corrected chi connectivity index (χ0v) is 9.43. The molecule has 0 aromatic carbocycles. The lowest BCUT2D eigenvalue weighted by Crippen LogP contribution is -2.40. The van der Waals surface area contributed by atoms with Crippen LogP contribution in [0.2, 0.25) is 0 Å². The molecule has 0 aromatic rings. The van der Waals surface area contributed by atoms with Crippen molar-refractivity contribution in [3.8, 4) is 0 Å². The minimum absolute atomic E-state index is 0.319. The molecule has 3 heteroatoms. The summed E-state index contributed by atoms with van der Waals surface area (Å²) >= 11 is 0. The van der Waals surface area contributed by atoms with Gasteiger partial charge in [-0.05, 0) is 32.6 Å². The van der Waals surface area contributed by atoms with Crippen molar-refractivity contribution in [1.29, 1.82) is 0 Å². The first-order valence-corrected chi connectivity index (χ1v) is 5.47. The first-order chi connectivity index (χ1) is 6.56. The average Bonchev–Trinajstić information content (AvgIpc) is 2.18. The van der Waals surface area contributed by atoms with Crippen molar-refractivity contribution in [1.82, 2.24) is 5.32 Å². The van der Waals surface area contributed by atoms with Crippen LogP contribution >= 0.6 is 0 Å². The molecule has 1 saturated carbocycles. The molecule has 82 valence electrons. The minimum atomic E-state index is -0.319. The maximum absolute atomic E-state index is 11.1. The van der Waals surface area contributed by atoms with Gasteiger partial charge in [-0.15, -0.1) is 0 Å². The van der Waals surface area contributed by atoms with Crippen molar-refractivity contribution in [2.45, 2.75) is 51.6 Å². The molecule has 3 nitrogen and oxygen atoms in total. The molecule has 0 aliphatic heterocycles. The van der Waals surface area contributed by atoms with E-state index >= 15 is 0 Å².